The maximum absolute atomic E-state index is 12.1. The molecular weight excluding hydrogens is 310 g/mol. The molecule has 1 N–H and O–H groups in total. The number of anilines is 1. The fourth-order valence-corrected chi connectivity index (χ4v) is 2.24. The van der Waals surface area contributed by atoms with E-state index in [-0.39, 0.29) is 27.3 Å². The average molecular weight is 323 g/mol. The van der Waals surface area contributed by atoms with Gasteiger partial charge < -0.3 is 0 Å². The molecule has 0 radical (unpaired) electrons. The number of rotatable bonds is 5. The quantitative estimate of drug-likeness (QED) is 0.658. The Bertz CT molecular complexity index is 767. The Balaban J connectivity index is 2.18. The summed E-state index contributed by atoms with van der Waals surface area (Å²) in [6.07, 6.45) is 1.06. The minimum atomic E-state index is -0.589. The Morgan fingerprint density at radius 3 is 2.82 bits per heavy atom. The molecule has 0 aliphatic carbocycles. The molecule has 0 bridgehead atoms. The van der Waals surface area contributed by atoms with Crippen LogP contribution in [0, 0.1) is 16.0 Å². The van der Waals surface area contributed by atoms with E-state index in [1.165, 1.54) is 16.8 Å². The molecule has 2 heterocycles. The van der Waals surface area contributed by atoms with Gasteiger partial charge in [0.25, 0.3) is 11.5 Å². The maximum Gasteiger partial charge on any atom is 0.345 e. The van der Waals surface area contributed by atoms with E-state index in [0.29, 0.717) is 6.54 Å². The molecule has 0 fully saturated rings. The first-order valence-electron chi connectivity index (χ1n) is 6.36. The normalized spacial score (nSPS) is 10.7. The molecule has 2 rings (SSSR count). The van der Waals surface area contributed by atoms with Crippen LogP contribution in [-0.2, 0) is 6.54 Å². The highest BCUT2D eigenvalue weighted by atomic mass is 32.1. The number of thiazole rings is 1. The van der Waals surface area contributed by atoms with Crippen molar-refractivity contribution in [3.8, 4) is 0 Å². The van der Waals surface area contributed by atoms with Gasteiger partial charge in [-0.2, -0.15) is 5.10 Å². The molecule has 2 aromatic rings. The van der Waals surface area contributed by atoms with Crippen LogP contribution in [0.1, 0.15) is 24.3 Å². The van der Waals surface area contributed by atoms with Crippen LogP contribution in [0.5, 0.6) is 0 Å². The summed E-state index contributed by atoms with van der Waals surface area (Å²) in [4.78, 5) is 37.4. The van der Waals surface area contributed by atoms with Gasteiger partial charge in [0.15, 0.2) is 5.13 Å². The van der Waals surface area contributed by atoms with Crippen molar-refractivity contribution >= 4 is 27.4 Å². The van der Waals surface area contributed by atoms with E-state index >= 15 is 0 Å². The van der Waals surface area contributed by atoms with Gasteiger partial charge in [-0.15, -0.1) is 0 Å². The smallest absolute Gasteiger partial charge is 0.296 e. The van der Waals surface area contributed by atoms with Crippen molar-refractivity contribution in [2.45, 2.75) is 20.4 Å². The standard InChI is InChI=1S/C12H13N5O4S/c1-7(2)6-16-9(18)4-3-8(15-16)11(19)14-12-13-5-10(22-12)17(20)21/h3-5,7H,6H2,1-2H3,(H,13,14,19). The Labute approximate surface area is 128 Å². The van der Waals surface area contributed by atoms with Gasteiger partial charge in [-0.25, -0.2) is 9.67 Å². The van der Waals surface area contributed by atoms with E-state index < -0.39 is 10.8 Å². The summed E-state index contributed by atoms with van der Waals surface area (Å²) < 4.78 is 1.21. The molecule has 0 unspecified atom stereocenters. The van der Waals surface area contributed by atoms with E-state index in [0.717, 1.165) is 17.5 Å². The van der Waals surface area contributed by atoms with Crippen molar-refractivity contribution in [1.29, 1.82) is 0 Å². The first-order valence-corrected chi connectivity index (χ1v) is 7.18. The highest BCUT2D eigenvalue weighted by Gasteiger charge is 2.16. The zero-order valence-electron chi connectivity index (χ0n) is 11.8. The summed E-state index contributed by atoms with van der Waals surface area (Å²) in [7, 11) is 0. The Morgan fingerprint density at radius 1 is 1.50 bits per heavy atom. The third-order valence-electron chi connectivity index (χ3n) is 2.53. The van der Waals surface area contributed by atoms with Crippen molar-refractivity contribution < 1.29 is 9.72 Å². The number of nitrogens with one attached hydrogen (secondary N) is 1. The molecule has 116 valence electrons. The lowest BCUT2D eigenvalue weighted by molar-refractivity contribution is -0.380. The zero-order valence-corrected chi connectivity index (χ0v) is 12.7. The lowest BCUT2D eigenvalue weighted by atomic mass is 10.2. The molecule has 0 saturated carbocycles. The molecule has 22 heavy (non-hydrogen) atoms. The number of amides is 1. The third kappa shape index (κ3) is 3.73. The zero-order chi connectivity index (χ0) is 16.3. The Kier molecular flexibility index (Phi) is 4.61. The highest BCUT2D eigenvalue weighted by Crippen LogP contribution is 2.25. The minimum Gasteiger partial charge on any atom is -0.296 e. The molecule has 1 amide bonds. The first kappa shape index (κ1) is 15.8. The molecular formula is C12H13N5O4S. The number of nitro groups is 1. The van der Waals surface area contributed by atoms with Gasteiger partial charge in [-0.05, 0) is 23.3 Å². The lowest BCUT2D eigenvalue weighted by Crippen LogP contribution is -2.27. The van der Waals surface area contributed by atoms with Gasteiger partial charge in [0.1, 0.15) is 11.9 Å². The monoisotopic (exact) mass is 323 g/mol. The fourth-order valence-electron chi connectivity index (χ4n) is 1.62. The summed E-state index contributed by atoms with van der Waals surface area (Å²) in [6.45, 7) is 4.24. The second kappa shape index (κ2) is 6.43. The molecule has 0 aromatic carbocycles. The van der Waals surface area contributed by atoms with E-state index in [4.69, 9.17) is 0 Å². The van der Waals surface area contributed by atoms with Crippen molar-refractivity contribution in [2.24, 2.45) is 5.92 Å². The minimum absolute atomic E-state index is 0.0399. The van der Waals surface area contributed by atoms with E-state index in [1.54, 1.807) is 0 Å². The number of hydrogen-bond donors (Lipinski definition) is 1. The SMILES string of the molecule is CC(C)Cn1nc(C(=O)Nc2ncc([N+](=O)[O-])s2)ccc1=O. The van der Waals surface area contributed by atoms with Gasteiger partial charge in [0, 0.05) is 12.6 Å². The number of aromatic nitrogens is 3. The number of nitrogens with zero attached hydrogens (tertiary/aromatic N) is 4. The van der Waals surface area contributed by atoms with E-state index in [1.807, 2.05) is 13.8 Å². The topological polar surface area (TPSA) is 120 Å². The number of carbonyl (C=O) groups excluding carboxylic acids is 1. The Hall–Kier alpha value is -2.62. The van der Waals surface area contributed by atoms with Crippen LogP contribution in [-0.4, -0.2) is 25.6 Å². The van der Waals surface area contributed by atoms with Crippen molar-refractivity contribution in [2.75, 3.05) is 5.32 Å². The largest absolute Gasteiger partial charge is 0.345 e. The molecule has 10 heteroatoms. The molecule has 0 spiro atoms. The second-order valence-electron chi connectivity index (χ2n) is 4.85. The van der Waals surface area contributed by atoms with Crippen LogP contribution in [0.25, 0.3) is 0 Å². The van der Waals surface area contributed by atoms with Crippen LogP contribution >= 0.6 is 11.3 Å². The first-order chi connectivity index (χ1) is 10.4. The number of hydrogen-bond acceptors (Lipinski definition) is 7. The highest BCUT2D eigenvalue weighted by molar-refractivity contribution is 7.18. The van der Waals surface area contributed by atoms with E-state index in [9.17, 15) is 19.7 Å². The van der Waals surface area contributed by atoms with Gasteiger partial charge >= 0.3 is 5.00 Å². The Morgan fingerprint density at radius 2 is 2.23 bits per heavy atom. The van der Waals surface area contributed by atoms with Gasteiger partial charge in [0.2, 0.25) is 0 Å². The fraction of sp³-hybridized carbons (Fsp3) is 0.333. The van der Waals surface area contributed by atoms with Crippen LogP contribution < -0.4 is 10.9 Å². The van der Waals surface area contributed by atoms with Gasteiger partial charge in [0.05, 0.1) is 4.92 Å². The molecule has 0 aliphatic heterocycles. The predicted molar refractivity (Wildman–Crippen MR) is 80.1 cm³/mol. The van der Waals surface area contributed by atoms with Crippen LogP contribution in [0.3, 0.4) is 0 Å². The summed E-state index contributed by atoms with van der Waals surface area (Å²) in [6, 6.07) is 2.56. The van der Waals surface area contributed by atoms with Crippen molar-refractivity contribution in [3.05, 3.63) is 44.5 Å². The molecule has 0 saturated heterocycles. The maximum atomic E-state index is 12.1. The van der Waals surface area contributed by atoms with Crippen molar-refractivity contribution in [1.82, 2.24) is 14.8 Å². The molecule has 2 aromatic heterocycles. The third-order valence-corrected chi connectivity index (χ3v) is 3.40. The summed E-state index contributed by atoms with van der Waals surface area (Å²) in [5, 5.41) is 16.9. The lowest BCUT2D eigenvalue weighted by Gasteiger charge is -2.08. The van der Waals surface area contributed by atoms with Crippen molar-refractivity contribution in [3.63, 3.8) is 0 Å². The van der Waals surface area contributed by atoms with Crippen LogP contribution in [0.2, 0.25) is 0 Å². The average Bonchev–Trinajstić information content (AvgIpc) is 2.89. The van der Waals surface area contributed by atoms with Gasteiger partial charge in [-0.1, -0.05) is 13.8 Å². The summed E-state index contributed by atoms with van der Waals surface area (Å²) in [5.41, 5.74) is -0.256. The summed E-state index contributed by atoms with van der Waals surface area (Å²) >= 11 is 0.744. The molecule has 0 aliphatic rings. The molecule has 9 nitrogen and oxygen atoms in total. The number of carbonyl (C=O) groups is 1. The van der Waals surface area contributed by atoms with Gasteiger partial charge in [-0.3, -0.25) is 25.0 Å². The van der Waals surface area contributed by atoms with E-state index in [2.05, 4.69) is 15.4 Å². The molecule has 0 atom stereocenters. The predicted octanol–water partition coefficient (Wildman–Crippen LogP) is 1.52. The summed E-state index contributed by atoms with van der Waals surface area (Å²) in [5.74, 6) is -0.383. The van der Waals surface area contributed by atoms with Crippen LogP contribution in [0.15, 0.2) is 23.1 Å². The van der Waals surface area contributed by atoms with Crippen LogP contribution in [0.4, 0.5) is 10.1 Å². The second-order valence-corrected chi connectivity index (χ2v) is 5.86.